The van der Waals surface area contributed by atoms with Crippen LogP contribution in [0, 0.1) is 5.82 Å². The molecule has 0 fully saturated rings. The Morgan fingerprint density at radius 2 is 2.00 bits per heavy atom. The van der Waals surface area contributed by atoms with E-state index in [4.69, 9.17) is 4.74 Å². The number of carbonyl (C=O) groups is 2. The Hall–Kier alpha value is -2.51. The van der Waals surface area contributed by atoms with Crippen molar-refractivity contribution in [1.29, 1.82) is 0 Å². The van der Waals surface area contributed by atoms with E-state index in [0.29, 0.717) is 18.7 Å². The van der Waals surface area contributed by atoms with Gasteiger partial charge >= 0.3 is 0 Å². The Balaban J connectivity index is 1.85. The minimum absolute atomic E-state index is 0.0994. The number of methoxy groups -OCH3 is 1. The zero-order valence-electron chi connectivity index (χ0n) is 13.8. The maximum absolute atomic E-state index is 13.8. The highest BCUT2D eigenvalue weighted by atomic mass is 32.1. The number of hydrogen-bond acceptors (Lipinski definition) is 4. The number of thiophene rings is 1. The van der Waals surface area contributed by atoms with Crippen molar-refractivity contribution in [1.82, 2.24) is 10.6 Å². The van der Waals surface area contributed by atoms with Crippen molar-refractivity contribution in [2.45, 2.75) is 0 Å². The van der Waals surface area contributed by atoms with Crippen molar-refractivity contribution < 1.29 is 18.7 Å². The van der Waals surface area contributed by atoms with E-state index in [2.05, 4.69) is 10.6 Å². The van der Waals surface area contributed by atoms with Gasteiger partial charge in [-0.2, -0.15) is 0 Å². The van der Waals surface area contributed by atoms with Crippen LogP contribution in [0.15, 0.2) is 42.5 Å². The summed E-state index contributed by atoms with van der Waals surface area (Å²) in [4.78, 5) is 24.8. The van der Waals surface area contributed by atoms with Crippen molar-refractivity contribution in [2.75, 3.05) is 26.8 Å². The first-order chi connectivity index (χ1) is 12.1. The molecule has 0 saturated heterocycles. The number of ether oxygens (including phenoxy) is 1. The normalized spacial score (nSPS) is 10.8. The predicted octanol–water partition coefficient (Wildman–Crippen LogP) is 2.45. The first-order valence-corrected chi connectivity index (χ1v) is 8.48. The maximum Gasteiger partial charge on any atom is 0.244 e. The van der Waals surface area contributed by atoms with Gasteiger partial charge in [-0.25, -0.2) is 4.39 Å². The van der Waals surface area contributed by atoms with E-state index in [1.165, 1.54) is 23.5 Å². The summed E-state index contributed by atoms with van der Waals surface area (Å²) in [5, 5.41) is 5.10. The van der Waals surface area contributed by atoms with Crippen molar-refractivity contribution >= 4 is 29.2 Å². The number of halogens is 1. The third-order valence-corrected chi connectivity index (χ3v) is 4.30. The average Bonchev–Trinajstić information content (AvgIpc) is 3.07. The number of rotatable bonds is 8. The number of benzene rings is 1. The second-order valence-electron chi connectivity index (χ2n) is 5.08. The topological polar surface area (TPSA) is 67.4 Å². The van der Waals surface area contributed by atoms with Gasteiger partial charge < -0.3 is 15.4 Å². The Bertz CT molecular complexity index is 758. The molecule has 1 heterocycles. The lowest BCUT2D eigenvalue weighted by Gasteiger charge is -2.04. The lowest BCUT2D eigenvalue weighted by Crippen LogP contribution is -2.37. The van der Waals surface area contributed by atoms with Crippen LogP contribution in [0.4, 0.5) is 4.39 Å². The minimum Gasteiger partial charge on any atom is -0.383 e. The van der Waals surface area contributed by atoms with Crippen LogP contribution in [-0.4, -0.2) is 38.6 Å². The Morgan fingerprint density at radius 1 is 1.20 bits per heavy atom. The van der Waals surface area contributed by atoms with Gasteiger partial charge in [-0.3, -0.25) is 9.59 Å². The SMILES string of the molecule is COCCNC(=O)CNC(=O)C=Cc1ccc(-c2ccccc2F)s1. The molecule has 0 atom stereocenters. The molecule has 0 spiro atoms. The van der Waals surface area contributed by atoms with E-state index in [-0.39, 0.29) is 24.2 Å². The molecule has 5 nitrogen and oxygen atoms in total. The van der Waals surface area contributed by atoms with Crippen molar-refractivity contribution in [3.8, 4) is 10.4 Å². The summed E-state index contributed by atoms with van der Waals surface area (Å²) in [6.07, 6.45) is 2.98. The summed E-state index contributed by atoms with van der Waals surface area (Å²) >= 11 is 1.38. The van der Waals surface area contributed by atoms with E-state index in [1.807, 2.05) is 12.1 Å². The highest BCUT2D eigenvalue weighted by Gasteiger charge is 2.07. The molecule has 25 heavy (non-hydrogen) atoms. The summed E-state index contributed by atoms with van der Waals surface area (Å²) in [5.41, 5.74) is 0.532. The standard InChI is InChI=1S/C18H19FN2O3S/c1-24-11-10-20-18(23)12-21-17(22)9-7-13-6-8-16(25-13)14-4-2-3-5-15(14)19/h2-9H,10-12H2,1H3,(H,20,23)(H,21,22). The Kier molecular flexibility index (Phi) is 7.31. The number of hydrogen-bond donors (Lipinski definition) is 2. The fraction of sp³-hybridized carbons (Fsp3) is 0.222. The largest absolute Gasteiger partial charge is 0.383 e. The summed E-state index contributed by atoms with van der Waals surface area (Å²) < 4.78 is 18.6. The van der Waals surface area contributed by atoms with E-state index in [0.717, 1.165) is 9.75 Å². The van der Waals surface area contributed by atoms with Crippen LogP contribution >= 0.6 is 11.3 Å². The number of amides is 2. The second kappa shape index (κ2) is 9.71. The summed E-state index contributed by atoms with van der Waals surface area (Å²) in [6.45, 7) is 0.717. The number of nitrogens with one attached hydrogen (secondary N) is 2. The van der Waals surface area contributed by atoms with E-state index in [1.54, 1.807) is 31.4 Å². The van der Waals surface area contributed by atoms with Crippen LogP contribution in [0.25, 0.3) is 16.5 Å². The molecule has 0 aliphatic heterocycles. The summed E-state index contributed by atoms with van der Waals surface area (Å²) in [6, 6.07) is 10.2. The van der Waals surface area contributed by atoms with Gasteiger partial charge in [0.15, 0.2) is 0 Å². The molecule has 7 heteroatoms. The fourth-order valence-electron chi connectivity index (χ4n) is 1.99. The second-order valence-corrected chi connectivity index (χ2v) is 6.19. The third-order valence-electron chi connectivity index (χ3n) is 3.22. The predicted molar refractivity (Wildman–Crippen MR) is 96.6 cm³/mol. The van der Waals surface area contributed by atoms with Gasteiger partial charge in [-0.1, -0.05) is 18.2 Å². The monoisotopic (exact) mass is 362 g/mol. The molecule has 2 rings (SSSR count). The Labute approximate surface area is 149 Å². The average molecular weight is 362 g/mol. The van der Waals surface area contributed by atoms with E-state index < -0.39 is 0 Å². The molecule has 1 aromatic heterocycles. The molecule has 2 amide bonds. The molecule has 2 aromatic rings. The molecule has 0 unspecified atom stereocenters. The van der Waals surface area contributed by atoms with Gasteiger partial charge in [0.2, 0.25) is 11.8 Å². The zero-order valence-corrected chi connectivity index (χ0v) is 14.6. The third kappa shape index (κ3) is 6.13. The zero-order chi connectivity index (χ0) is 18.1. The van der Waals surface area contributed by atoms with Crippen molar-refractivity contribution in [2.24, 2.45) is 0 Å². The highest BCUT2D eigenvalue weighted by molar-refractivity contribution is 7.16. The fourth-order valence-corrected chi connectivity index (χ4v) is 2.93. The van der Waals surface area contributed by atoms with Gasteiger partial charge in [0.05, 0.1) is 13.2 Å². The lowest BCUT2D eigenvalue weighted by molar-refractivity contribution is -0.124. The molecule has 0 aliphatic rings. The molecular weight excluding hydrogens is 343 g/mol. The molecule has 2 N–H and O–H groups in total. The van der Waals surface area contributed by atoms with E-state index in [9.17, 15) is 14.0 Å². The lowest BCUT2D eigenvalue weighted by atomic mass is 10.2. The maximum atomic E-state index is 13.8. The quantitative estimate of drug-likeness (QED) is 0.560. The highest BCUT2D eigenvalue weighted by Crippen LogP contribution is 2.30. The Morgan fingerprint density at radius 3 is 2.76 bits per heavy atom. The molecule has 0 bridgehead atoms. The first kappa shape index (κ1) is 18.8. The van der Waals surface area contributed by atoms with Gasteiger partial charge in [-0.05, 0) is 24.3 Å². The van der Waals surface area contributed by atoms with Crippen LogP contribution < -0.4 is 10.6 Å². The summed E-state index contributed by atoms with van der Waals surface area (Å²) in [7, 11) is 1.54. The molecule has 132 valence electrons. The molecular formula is C18H19FN2O3S. The van der Waals surface area contributed by atoms with Crippen LogP contribution in [0.5, 0.6) is 0 Å². The van der Waals surface area contributed by atoms with Gasteiger partial charge in [0.25, 0.3) is 0 Å². The van der Waals surface area contributed by atoms with Crippen LogP contribution in [0.1, 0.15) is 4.88 Å². The smallest absolute Gasteiger partial charge is 0.244 e. The van der Waals surface area contributed by atoms with E-state index >= 15 is 0 Å². The van der Waals surface area contributed by atoms with Crippen LogP contribution in [-0.2, 0) is 14.3 Å². The minimum atomic E-state index is -0.372. The van der Waals surface area contributed by atoms with Crippen LogP contribution in [0.3, 0.4) is 0 Å². The van der Waals surface area contributed by atoms with Crippen LogP contribution in [0.2, 0.25) is 0 Å². The molecule has 0 saturated carbocycles. The van der Waals surface area contributed by atoms with Crippen molar-refractivity contribution in [3.05, 3.63) is 53.2 Å². The van der Waals surface area contributed by atoms with Gasteiger partial charge in [-0.15, -0.1) is 11.3 Å². The molecule has 0 aliphatic carbocycles. The molecule has 0 radical (unpaired) electrons. The number of carbonyl (C=O) groups excluding carboxylic acids is 2. The first-order valence-electron chi connectivity index (χ1n) is 7.66. The summed E-state index contributed by atoms with van der Waals surface area (Å²) in [5.74, 6) is -0.934. The van der Waals surface area contributed by atoms with Crippen molar-refractivity contribution in [3.63, 3.8) is 0 Å². The van der Waals surface area contributed by atoms with Gasteiger partial charge in [0.1, 0.15) is 5.82 Å². The molecule has 1 aromatic carbocycles. The van der Waals surface area contributed by atoms with Gasteiger partial charge in [0, 0.05) is 35.0 Å².